The molecule has 4 aromatic rings. The standard InChI is InChI=1S/C23H18N2O3/c1-16-5-10-22-21(12-16)17(13-23(26)28-22)15-27-20-8-6-18(7-9-20)25-14-19-4-2-3-11-24-19/h2-14H,15H2,1H3. The van der Waals surface area contributed by atoms with Crippen molar-refractivity contribution in [1.29, 1.82) is 0 Å². The van der Waals surface area contributed by atoms with Crippen LogP contribution in [-0.4, -0.2) is 11.2 Å². The monoisotopic (exact) mass is 370 g/mol. The number of aromatic nitrogens is 1. The normalized spacial score (nSPS) is 11.2. The number of pyridine rings is 1. The van der Waals surface area contributed by atoms with Gasteiger partial charge in [-0.2, -0.15) is 0 Å². The summed E-state index contributed by atoms with van der Waals surface area (Å²) in [7, 11) is 0. The molecule has 2 aromatic carbocycles. The van der Waals surface area contributed by atoms with E-state index in [9.17, 15) is 4.79 Å². The van der Waals surface area contributed by atoms with Gasteiger partial charge in [0.2, 0.25) is 0 Å². The zero-order valence-electron chi connectivity index (χ0n) is 15.3. The minimum Gasteiger partial charge on any atom is -0.489 e. The van der Waals surface area contributed by atoms with Crippen LogP contribution in [0.2, 0.25) is 0 Å². The van der Waals surface area contributed by atoms with E-state index in [2.05, 4.69) is 9.98 Å². The van der Waals surface area contributed by atoms with Crippen molar-refractivity contribution in [3.8, 4) is 5.75 Å². The Kier molecular flexibility index (Phi) is 4.97. The molecule has 2 heterocycles. The Morgan fingerprint density at radius 2 is 1.93 bits per heavy atom. The summed E-state index contributed by atoms with van der Waals surface area (Å²) < 4.78 is 11.1. The van der Waals surface area contributed by atoms with Gasteiger partial charge in [0.05, 0.1) is 17.6 Å². The van der Waals surface area contributed by atoms with Gasteiger partial charge in [-0.15, -0.1) is 0 Å². The molecule has 138 valence electrons. The summed E-state index contributed by atoms with van der Waals surface area (Å²) in [5, 5.41) is 0.885. The third kappa shape index (κ3) is 4.15. The van der Waals surface area contributed by atoms with E-state index >= 15 is 0 Å². The van der Waals surface area contributed by atoms with Crippen LogP contribution in [0.25, 0.3) is 11.0 Å². The van der Waals surface area contributed by atoms with Crippen LogP contribution in [-0.2, 0) is 6.61 Å². The number of hydrogen-bond acceptors (Lipinski definition) is 5. The van der Waals surface area contributed by atoms with Crippen LogP contribution in [0.1, 0.15) is 16.8 Å². The summed E-state index contributed by atoms with van der Waals surface area (Å²) in [6, 6.07) is 20.3. The first-order chi connectivity index (χ1) is 13.7. The van der Waals surface area contributed by atoms with Crippen molar-refractivity contribution in [3.63, 3.8) is 0 Å². The molecular weight excluding hydrogens is 352 g/mol. The van der Waals surface area contributed by atoms with Crippen LogP contribution in [0.5, 0.6) is 5.75 Å². The lowest BCUT2D eigenvalue weighted by Crippen LogP contribution is -2.04. The van der Waals surface area contributed by atoms with Crippen molar-refractivity contribution in [2.45, 2.75) is 13.5 Å². The van der Waals surface area contributed by atoms with E-state index in [4.69, 9.17) is 9.15 Å². The third-order valence-corrected chi connectivity index (χ3v) is 4.25. The number of ether oxygens (including phenoxy) is 1. The maximum absolute atomic E-state index is 11.8. The van der Waals surface area contributed by atoms with Crippen LogP contribution in [0.3, 0.4) is 0 Å². The predicted octanol–water partition coefficient (Wildman–Crippen LogP) is 4.83. The fourth-order valence-electron chi connectivity index (χ4n) is 2.84. The molecule has 5 heteroatoms. The number of fused-ring (bicyclic) bond motifs is 1. The fraction of sp³-hybridized carbons (Fsp3) is 0.0870. The SMILES string of the molecule is Cc1ccc2oc(=O)cc(COc3ccc(N=Cc4ccccn4)cc3)c2c1. The Bertz CT molecular complexity index is 1180. The summed E-state index contributed by atoms with van der Waals surface area (Å²) in [6.45, 7) is 2.28. The van der Waals surface area contributed by atoms with E-state index in [0.717, 1.165) is 27.9 Å². The molecule has 0 bridgehead atoms. The predicted molar refractivity (Wildman–Crippen MR) is 109 cm³/mol. The van der Waals surface area contributed by atoms with Crippen molar-refractivity contribution >= 4 is 22.9 Å². The summed E-state index contributed by atoms with van der Waals surface area (Å²) in [6.07, 6.45) is 3.45. The molecule has 5 nitrogen and oxygen atoms in total. The molecule has 4 rings (SSSR count). The van der Waals surface area contributed by atoms with Crippen molar-refractivity contribution in [1.82, 2.24) is 4.98 Å². The van der Waals surface area contributed by atoms with E-state index in [1.54, 1.807) is 12.4 Å². The molecule has 0 atom stereocenters. The molecular formula is C23H18N2O3. The van der Waals surface area contributed by atoms with E-state index in [-0.39, 0.29) is 12.2 Å². The van der Waals surface area contributed by atoms with E-state index in [1.165, 1.54) is 6.07 Å². The second-order valence-electron chi connectivity index (χ2n) is 6.39. The van der Waals surface area contributed by atoms with Crippen molar-refractivity contribution in [2.75, 3.05) is 0 Å². The molecule has 0 saturated carbocycles. The highest BCUT2D eigenvalue weighted by molar-refractivity contribution is 5.81. The maximum atomic E-state index is 11.8. The molecule has 0 aliphatic rings. The minimum atomic E-state index is -0.380. The largest absolute Gasteiger partial charge is 0.489 e. The molecule has 2 aromatic heterocycles. The summed E-state index contributed by atoms with van der Waals surface area (Å²) in [5.74, 6) is 0.700. The zero-order valence-corrected chi connectivity index (χ0v) is 15.3. The Morgan fingerprint density at radius 3 is 2.71 bits per heavy atom. The molecule has 0 fully saturated rings. The van der Waals surface area contributed by atoms with Gasteiger partial charge in [0, 0.05) is 23.2 Å². The number of nitrogens with zero attached hydrogens (tertiary/aromatic N) is 2. The molecule has 0 unspecified atom stereocenters. The van der Waals surface area contributed by atoms with E-state index in [1.807, 2.05) is 67.6 Å². The lowest BCUT2D eigenvalue weighted by atomic mass is 10.1. The number of benzene rings is 2. The van der Waals surface area contributed by atoms with Gasteiger partial charge < -0.3 is 9.15 Å². The Labute approximate surface area is 162 Å². The summed E-state index contributed by atoms with van der Waals surface area (Å²) >= 11 is 0. The highest BCUT2D eigenvalue weighted by atomic mass is 16.5. The van der Waals surface area contributed by atoms with Gasteiger partial charge in [0.1, 0.15) is 17.9 Å². The van der Waals surface area contributed by atoms with Crippen LogP contribution in [0.15, 0.2) is 87.1 Å². The third-order valence-electron chi connectivity index (χ3n) is 4.25. The maximum Gasteiger partial charge on any atom is 0.336 e. The Balaban J connectivity index is 1.48. The molecule has 0 saturated heterocycles. The van der Waals surface area contributed by atoms with Crippen LogP contribution < -0.4 is 10.4 Å². The van der Waals surface area contributed by atoms with Crippen molar-refractivity contribution in [2.24, 2.45) is 4.99 Å². The zero-order chi connectivity index (χ0) is 19.3. The van der Waals surface area contributed by atoms with Gasteiger partial charge in [-0.3, -0.25) is 9.98 Å². The molecule has 0 radical (unpaired) electrons. The first-order valence-corrected chi connectivity index (χ1v) is 8.89. The number of hydrogen-bond donors (Lipinski definition) is 0. The number of rotatable bonds is 5. The lowest BCUT2D eigenvalue weighted by molar-refractivity contribution is 0.306. The minimum absolute atomic E-state index is 0.280. The van der Waals surface area contributed by atoms with Gasteiger partial charge in [0.15, 0.2) is 0 Å². The number of aryl methyl sites for hydroxylation is 1. The molecule has 0 amide bonds. The van der Waals surface area contributed by atoms with Gasteiger partial charge in [-0.05, 0) is 55.5 Å². The van der Waals surface area contributed by atoms with Crippen LogP contribution in [0.4, 0.5) is 5.69 Å². The summed E-state index contributed by atoms with van der Waals surface area (Å²) in [5.41, 5.74) is 3.68. The average Bonchev–Trinajstić information content (AvgIpc) is 2.72. The van der Waals surface area contributed by atoms with Crippen molar-refractivity contribution < 1.29 is 9.15 Å². The first-order valence-electron chi connectivity index (χ1n) is 8.89. The molecule has 0 aliphatic heterocycles. The Morgan fingerprint density at radius 1 is 1.07 bits per heavy atom. The second kappa shape index (κ2) is 7.88. The van der Waals surface area contributed by atoms with Crippen LogP contribution >= 0.6 is 0 Å². The highest BCUT2D eigenvalue weighted by Gasteiger charge is 2.07. The van der Waals surface area contributed by atoms with Crippen molar-refractivity contribution in [3.05, 3.63) is 100 Å². The van der Waals surface area contributed by atoms with Crippen LogP contribution in [0, 0.1) is 6.92 Å². The molecule has 0 spiro atoms. The Hall–Kier alpha value is -3.73. The van der Waals surface area contributed by atoms with E-state index < -0.39 is 0 Å². The van der Waals surface area contributed by atoms with Gasteiger partial charge >= 0.3 is 5.63 Å². The molecule has 0 aliphatic carbocycles. The topological polar surface area (TPSA) is 64.7 Å². The fourth-order valence-corrected chi connectivity index (χ4v) is 2.84. The summed E-state index contributed by atoms with van der Waals surface area (Å²) in [4.78, 5) is 20.4. The molecule has 0 N–H and O–H groups in total. The van der Waals surface area contributed by atoms with Gasteiger partial charge in [0.25, 0.3) is 0 Å². The lowest BCUT2D eigenvalue weighted by Gasteiger charge is -2.09. The first kappa shape index (κ1) is 17.7. The highest BCUT2D eigenvalue weighted by Crippen LogP contribution is 2.22. The van der Waals surface area contributed by atoms with E-state index in [0.29, 0.717) is 11.3 Å². The average molecular weight is 370 g/mol. The smallest absolute Gasteiger partial charge is 0.336 e. The number of aliphatic imine (C=N–C) groups is 1. The van der Waals surface area contributed by atoms with Gasteiger partial charge in [-0.1, -0.05) is 17.7 Å². The quantitative estimate of drug-likeness (QED) is 0.373. The molecule has 28 heavy (non-hydrogen) atoms. The van der Waals surface area contributed by atoms with Gasteiger partial charge in [-0.25, -0.2) is 4.79 Å². The second-order valence-corrected chi connectivity index (χ2v) is 6.39.